The van der Waals surface area contributed by atoms with E-state index in [0.29, 0.717) is 0 Å². The number of nitrogens with one attached hydrogen (secondary N) is 1. The van der Waals surface area contributed by atoms with Gasteiger partial charge in [-0.2, -0.15) is 0 Å². The number of hydrogen-bond donors (Lipinski definition) is 1. The van der Waals surface area contributed by atoms with Gasteiger partial charge in [-0.05, 0) is 107 Å². The first-order valence-electron chi connectivity index (χ1n) is 17.8. The first-order valence-corrected chi connectivity index (χ1v) is 17.8. The van der Waals surface area contributed by atoms with Crippen molar-refractivity contribution in [2.24, 2.45) is 4.99 Å². The van der Waals surface area contributed by atoms with Gasteiger partial charge in [0.25, 0.3) is 0 Å². The SMILES string of the molecule is CC1(C)c2cc(C3=NC(c4ccccc4)NC(c4ccc5ccccc5c4)=C3)ccc2-c2c1cc1ccccc1c2-c1ccc2ccccc2c1. The molecule has 0 bridgehead atoms. The van der Waals surface area contributed by atoms with Crippen LogP contribution in [0.4, 0.5) is 0 Å². The molecule has 1 heterocycles. The van der Waals surface area contributed by atoms with Crippen LogP contribution in [0.25, 0.3) is 60.3 Å². The summed E-state index contributed by atoms with van der Waals surface area (Å²) < 4.78 is 0. The van der Waals surface area contributed by atoms with Gasteiger partial charge in [0.05, 0.1) is 5.71 Å². The van der Waals surface area contributed by atoms with Gasteiger partial charge < -0.3 is 5.32 Å². The number of allylic oxidation sites excluding steroid dienone is 1. The van der Waals surface area contributed by atoms with Crippen LogP contribution >= 0.6 is 0 Å². The molecule has 51 heavy (non-hydrogen) atoms. The Kier molecular flexibility index (Phi) is 6.63. The highest BCUT2D eigenvalue weighted by Crippen LogP contribution is 2.54. The van der Waals surface area contributed by atoms with Gasteiger partial charge in [-0.25, -0.2) is 0 Å². The van der Waals surface area contributed by atoms with Crippen molar-refractivity contribution in [3.05, 3.63) is 198 Å². The second-order valence-electron chi connectivity index (χ2n) is 14.4. The number of hydrogen-bond acceptors (Lipinski definition) is 2. The maximum atomic E-state index is 5.35. The number of aliphatic imine (C=N–C) groups is 1. The number of fused-ring (bicyclic) bond motifs is 6. The average Bonchev–Trinajstić information content (AvgIpc) is 3.41. The summed E-state index contributed by atoms with van der Waals surface area (Å²) >= 11 is 0. The summed E-state index contributed by atoms with van der Waals surface area (Å²) in [7, 11) is 0. The summed E-state index contributed by atoms with van der Waals surface area (Å²) in [5.74, 6) is 0. The van der Waals surface area contributed by atoms with Crippen molar-refractivity contribution in [2.75, 3.05) is 0 Å². The lowest BCUT2D eigenvalue weighted by Gasteiger charge is -2.26. The first kappa shape index (κ1) is 29.6. The van der Waals surface area contributed by atoms with Crippen molar-refractivity contribution < 1.29 is 0 Å². The predicted molar refractivity (Wildman–Crippen MR) is 215 cm³/mol. The molecule has 2 nitrogen and oxygen atoms in total. The molecule has 2 heteroatoms. The summed E-state index contributed by atoms with van der Waals surface area (Å²) in [4.78, 5) is 5.35. The first-order chi connectivity index (χ1) is 25.0. The lowest BCUT2D eigenvalue weighted by Crippen LogP contribution is -2.25. The molecule has 0 aromatic heterocycles. The molecule has 0 spiro atoms. The highest BCUT2D eigenvalue weighted by molar-refractivity contribution is 6.15. The maximum absolute atomic E-state index is 5.35. The van der Waals surface area contributed by atoms with Crippen molar-refractivity contribution in [1.29, 1.82) is 0 Å². The van der Waals surface area contributed by atoms with E-state index in [9.17, 15) is 0 Å². The third-order valence-electron chi connectivity index (χ3n) is 11.0. The Morgan fingerprint density at radius 1 is 0.490 bits per heavy atom. The van der Waals surface area contributed by atoms with Gasteiger partial charge in [0.15, 0.2) is 0 Å². The molecule has 1 unspecified atom stereocenters. The summed E-state index contributed by atoms with van der Waals surface area (Å²) in [5.41, 5.74) is 13.2. The quantitative estimate of drug-likeness (QED) is 0.201. The molecule has 8 aromatic carbocycles. The minimum atomic E-state index is -0.201. The molecule has 10 rings (SSSR count). The second-order valence-corrected chi connectivity index (χ2v) is 14.4. The van der Waals surface area contributed by atoms with E-state index in [1.54, 1.807) is 0 Å². The number of rotatable bonds is 4. The largest absolute Gasteiger partial charge is 0.360 e. The molecule has 1 atom stereocenters. The van der Waals surface area contributed by atoms with Gasteiger partial charge in [-0.3, -0.25) is 4.99 Å². The summed E-state index contributed by atoms with van der Waals surface area (Å²) in [6.07, 6.45) is 2.03. The smallest absolute Gasteiger partial charge is 0.145 e. The van der Waals surface area contributed by atoms with Gasteiger partial charge in [0.1, 0.15) is 6.17 Å². The van der Waals surface area contributed by atoms with Crippen LogP contribution < -0.4 is 5.32 Å². The Balaban J connectivity index is 1.15. The summed E-state index contributed by atoms with van der Waals surface area (Å²) in [6, 6.07) is 59.7. The lowest BCUT2D eigenvalue weighted by molar-refractivity contribution is 0.659. The van der Waals surface area contributed by atoms with Crippen molar-refractivity contribution in [2.45, 2.75) is 25.4 Å². The molecule has 1 aliphatic carbocycles. The van der Waals surface area contributed by atoms with Crippen LogP contribution in [-0.4, -0.2) is 5.71 Å². The molecular weight excluding hydrogens is 617 g/mol. The molecule has 0 saturated carbocycles. The van der Waals surface area contributed by atoms with Gasteiger partial charge in [-0.1, -0.05) is 153 Å². The molecule has 242 valence electrons. The molecule has 8 aromatic rings. The monoisotopic (exact) mass is 652 g/mol. The normalized spacial score (nSPS) is 16.0. The van der Waals surface area contributed by atoms with Crippen LogP contribution in [0.1, 0.15) is 47.8 Å². The van der Waals surface area contributed by atoms with Gasteiger partial charge in [0.2, 0.25) is 0 Å². The van der Waals surface area contributed by atoms with Crippen LogP contribution in [0, 0.1) is 0 Å². The molecule has 0 saturated heterocycles. The zero-order valence-corrected chi connectivity index (χ0v) is 28.7. The van der Waals surface area contributed by atoms with Crippen molar-refractivity contribution in [1.82, 2.24) is 5.32 Å². The summed E-state index contributed by atoms with van der Waals surface area (Å²) in [5, 5.41) is 11.3. The van der Waals surface area contributed by atoms with Crippen molar-refractivity contribution in [3.8, 4) is 22.3 Å². The fourth-order valence-corrected chi connectivity index (χ4v) is 8.36. The van der Waals surface area contributed by atoms with Crippen LogP contribution in [0.5, 0.6) is 0 Å². The highest BCUT2D eigenvalue weighted by atomic mass is 15.1. The Hall–Kier alpha value is -6.25. The van der Waals surface area contributed by atoms with E-state index in [0.717, 1.165) is 28.1 Å². The minimum Gasteiger partial charge on any atom is -0.360 e. The van der Waals surface area contributed by atoms with E-state index in [2.05, 4.69) is 189 Å². The number of nitrogens with zero attached hydrogens (tertiary/aromatic N) is 1. The van der Waals surface area contributed by atoms with Gasteiger partial charge in [0, 0.05) is 16.7 Å². The van der Waals surface area contributed by atoms with Crippen molar-refractivity contribution in [3.63, 3.8) is 0 Å². The number of benzene rings is 8. The van der Waals surface area contributed by atoms with Crippen LogP contribution in [0.3, 0.4) is 0 Å². The van der Waals surface area contributed by atoms with E-state index in [1.807, 2.05) is 0 Å². The Labute approximate surface area is 298 Å². The zero-order chi connectivity index (χ0) is 34.1. The molecule has 0 fully saturated rings. The molecule has 0 amide bonds. The van der Waals surface area contributed by atoms with E-state index >= 15 is 0 Å². The van der Waals surface area contributed by atoms with Crippen LogP contribution in [-0.2, 0) is 5.41 Å². The fraction of sp³-hybridized carbons (Fsp3) is 0.0816. The molecule has 1 N–H and O–H groups in total. The van der Waals surface area contributed by atoms with E-state index < -0.39 is 0 Å². The third-order valence-corrected chi connectivity index (χ3v) is 11.0. The Morgan fingerprint density at radius 2 is 1.10 bits per heavy atom. The minimum absolute atomic E-state index is 0.198. The summed E-state index contributed by atoms with van der Waals surface area (Å²) in [6.45, 7) is 4.77. The predicted octanol–water partition coefficient (Wildman–Crippen LogP) is 12.3. The van der Waals surface area contributed by atoms with E-state index in [4.69, 9.17) is 4.99 Å². The third kappa shape index (κ3) is 4.82. The van der Waals surface area contributed by atoms with E-state index in [1.165, 1.54) is 65.7 Å². The van der Waals surface area contributed by atoms with Crippen LogP contribution in [0.2, 0.25) is 0 Å². The van der Waals surface area contributed by atoms with Crippen molar-refractivity contribution >= 4 is 43.7 Å². The fourth-order valence-electron chi connectivity index (χ4n) is 8.36. The molecule has 2 aliphatic rings. The molecule has 0 radical (unpaired) electrons. The Morgan fingerprint density at radius 3 is 1.84 bits per heavy atom. The van der Waals surface area contributed by atoms with Gasteiger partial charge in [-0.15, -0.1) is 0 Å². The standard InChI is InChI=1S/C49H36N2/c1-49(2)42-29-38(45-30-44(50-48(51-45)33-14-4-3-5-15-33)37-22-20-31-12-6-8-16-34(31)26-37)24-25-41(42)47-43(49)28-36-18-10-11-19-40(36)46(47)39-23-21-32-13-7-9-17-35(32)27-39/h3-30,48,50H,1-2H3. The topological polar surface area (TPSA) is 24.4 Å². The zero-order valence-electron chi connectivity index (χ0n) is 28.7. The average molecular weight is 653 g/mol. The van der Waals surface area contributed by atoms with Gasteiger partial charge >= 0.3 is 0 Å². The molecular formula is C49H36N2. The van der Waals surface area contributed by atoms with E-state index in [-0.39, 0.29) is 11.6 Å². The molecule has 1 aliphatic heterocycles. The second kappa shape index (κ2) is 11.4. The maximum Gasteiger partial charge on any atom is 0.145 e. The highest BCUT2D eigenvalue weighted by Gasteiger charge is 2.38. The Bertz CT molecular complexity index is 2750. The lowest BCUT2D eigenvalue weighted by atomic mass is 9.80. The van der Waals surface area contributed by atoms with Crippen LogP contribution in [0.15, 0.2) is 175 Å².